The van der Waals surface area contributed by atoms with Crippen LogP contribution in [-0.2, 0) is 6.54 Å². The Hall–Kier alpha value is -1.68. The summed E-state index contributed by atoms with van der Waals surface area (Å²) in [6.45, 7) is 2.76. The number of aromatic nitrogens is 2. The first kappa shape index (κ1) is 12.8. The van der Waals surface area contributed by atoms with Crippen LogP contribution in [0.3, 0.4) is 0 Å². The van der Waals surface area contributed by atoms with Gasteiger partial charge in [-0.25, -0.2) is 4.39 Å². The highest BCUT2D eigenvalue weighted by atomic mass is 35.5. The Morgan fingerprint density at radius 1 is 1.50 bits per heavy atom. The molecule has 3 nitrogen and oxygen atoms in total. The number of aryl methyl sites for hydroxylation is 1. The quantitative estimate of drug-likeness (QED) is 0.796. The third-order valence-corrected chi connectivity index (χ3v) is 2.93. The van der Waals surface area contributed by atoms with Gasteiger partial charge in [0.25, 0.3) is 0 Å². The Morgan fingerprint density at radius 2 is 2.28 bits per heavy atom. The molecule has 0 aliphatic heterocycles. The number of rotatable bonds is 4. The van der Waals surface area contributed by atoms with Crippen molar-refractivity contribution in [3.05, 3.63) is 52.6 Å². The molecule has 0 fully saturated rings. The third-order valence-electron chi connectivity index (χ3n) is 2.54. The highest BCUT2D eigenvalue weighted by Gasteiger charge is 2.16. The minimum atomic E-state index is -0.594. The van der Waals surface area contributed by atoms with E-state index in [0.717, 1.165) is 13.0 Å². The van der Waals surface area contributed by atoms with Crippen molar-refractivity contribution in [1.82, 2.24) is 9.78 Å². The van der Waals surface area contributed by atoms with Crippen LogP contribution in [0.5, 0.6) is 0 Å². The molecule has 0 aliphatic rings. The average Bonchev–Trinajstić information content (AvgIpc) is 2.81. The van der Waals surface area contributed by atoms with Gasteiger partial charge in [0.15, 0.2) is 5.78 Å². The van der Waals surface area contributed by atoms with Crippen molar-refractivity contribution < 1.29 is 9.18 Å². The maximum Gasteiger partial charge on any atom is 0.197 e. The summed E-state index contributed by atoms with van der Waals surface area (Å²) in [5.74, 6) is -0.912. The molecule has 0 aliphatic carbocycles. The molecule has 2 aromatic rings. The molecule has 0 unspecified atom stereocenters. The molecule has 0 saturated carbocycles. The number of nitrogens with zero attached hydrogens (tertiary/aromatic N) is 2. The van der Waals surface area contributed by atoms with Crippen molar-refractivity contribution in [2.24, 2.45) is 0 Å². The van der Waals surface area contributed by atoms with Crippen molar-refractivity contribution in [2.75, 3.05) is 0 Å². The van der Waals surface area contributed by atoms with Gasteiger partial charge in [-0.3, -0.25) is 9.48 Å². The summed E-state index contributed by atoms with van der Waals surface area (Å²) in [6.07, 6.45) is 4.04. The molecule has 0 radical (unpaired) electrons. The fourth-order valence-corrected chi connectivity index (χ4v) is 1.88. The molecule has 1 aromatic carbocycles. The van der Waals surface area contributed by atoms with Crippen molar-refractivity contribution in [3.63, 3.8) is 0 Å². The minimum absolute atomic E-state index is 0.147. The van der Waals surface area contributed by atoms with E-state index >= 15 is 0 Å². The molecule has 1 heterocycles. The van der Waals surface area contributed by atoms with Gasteiger partial charge in [0.05, 0.1) is 16.8 Å². The summed E-state index contributed by atoms with van der Waals surface area (Å²) in [6, 6.07) is 4.19. The number of carbonyl (C=O) groups excluding carboxylic acids is 1. The molecule has 5 heteroatoms. The zero-order valence-corrected chi connectivity index (χ0v) is 10.6. The zero-order chi connectivity index (χ0) is 13.1. The summed E-state index contributed by atoms with van der Waals surface area (Å²) >= 11 is 5.78. The molecular formula is C13H12ClFN2O. The van der Waals surface area contributed by atoms with E-state index in [1.807, 2.05) is 6.92 Å². The maximum atomic E-state index is 13.3. The second kappa shape index (κ2) is 5.31. The van der Waals surface area contributed by atoms with Crippen molar-refractivity contribution in [3.8, 4) is 0 Å². The zero-order valence-electron chi connectivity index (χ0n) is 9.86. The summed E-state index contributed by atoms with van der Waals surface area (Å²) < 4.78 is 15.0. The molecule has 0 N–H and O–H groups in total. The standard InChI is InChI=1S/C13H12ClFN2O/c1-2-6-17-8-9(7-16-17)13(18)10-4-3-5-11(15)12(10)14/h3-5,7-8H,2,6H2,1H3. The van der Waals surface area contributed by atoms with Gasteiger partial charge in [-0.1, -0.05) is 24.6 Å². The van der Waals surface area contributed by atoms with Crippen LogP contribution >= 0.6 is 11.6 Å². The van der Waals surface area contributed by atoms with Crippen LogP contribution < -0.4 is 0 Å². The van der Waals surface area contributed by atoms with Crippen LogP contribution in [0.4, 0.5) is 4.39 Å². The van der Waals surface area contributed by atoms with Gasteiger partial charge in [0.2, 0.25) is 0 Å². The first-order valence-electron chi connectivity index (χ1n) is 5.64. The van der Waals surface area contributed by atoms with Crippen LogP contribution in [0.15, 0.2) is 30.6 Å². The van der Waals surface area contributed by atoms with Crippen LogP contribution in [-0.4, -0.2) is 15.6 Å². The predicted molar refractivity (Wildman–Crippen MR) is 67.4 cm³/mol. The van der Waals surface area contributed by atoms with Crippen molar-refractivity contribution in [1.29, 1.82) is 0 Å². The number of hydrogen-bond donors (Lipinski definition) is 0. The molecule has 2 rings (SSSR count). The van der Waals surface area contributed by atoms with Gasteiger partial charge >= 0.3 is 0 Å². The summed E-state index contributed by atoms with van der Waals surface area (Å²) in [5.41, 5.74) is 0.573. The fourth-order valence-electron chi connectivity index (χ4n) is 1.67. The average molecular weight is 267 g/mol. The lowest BCUT2D eigenvalue weighted by atomic mass is 10.1. The largest absolute Gasteiger partial charge is 0.288 e. The van der Waals surface area contributed by atoms with E-state index in [-0.39, 0.29) is 16.4 Å². The van der Waals surface area contributed by atoms with Gasteiger partial charge in [0.1, 0.15) is 5.82 Å². The first-order valence-corrected chi connectivity index (χ1v) is 6.02. The van der Waals surface area contributed by atoms with E-state index in [0.29, 0.717) is 5.56 Å². The van der Waals surface area contributed by atoms with Crippen LogP contribution in [0.2, 0.25) is 5.02 Å². The van der Waals surface area contributed by atoms with Gasteiger partial charge in [-0.2, -0.15) is 5.10 Å². The van der Waals surface area contributed by atoms with E-state index in [2.05, 4.69) is 5.10 Å². The predicted octanol–water partition coefficient (Wildman–Crippen LogP) is 3.32. The topological polar surface area (TPSA) is 34.9 Å². The maximum absolute atomic E-state index is 13.3. The molecule has 0 amide bonds. The molecule has 18 heavy (non-hydrogen) atoms. The van der Waals surface area contributed by atoms with Gasteiger partial charge in [-0.15, -0.1) is 0 Å². The molecule has 0 spiro atoms. The minimum Gasteiger partial charge on any atom is -0.288 e. The monoisotopic (exact) mass is 266 g/mol. The van der Waals surface area contributed by atoms with Crippen LogP contribution in [0.1, 0.15) is 29.3 Å². The van der Waals surface area contributed by atoms with Crippen LogP contribution in [0.25, 0.3) is 0 Å². The first-order chi connectivity index (χ1) is 8.63. The molecular weight excluding hydrogens is 255 g/mol. The van der Waals surface area contributed by atoms with Crippen molar-refractivity contribution >= 4 is 17.4 Å². The fraction of sp³-hybridized carbons (Fsp3) is 0.231. The third kappa shape index (κ3) is 2.43. The van der Waals surface area contributed by atoms with Gasteiger partial charge in [0, 0.05) is 18.3 Å². The summed E-state index contributed by atoms with van der Waals surface area (Å²) in [5, 5.41) is 3.92. The van der Waals surface area contributed by atoms with E-state index in [1.165, 1.54) is 24.4 Å². The second-order valence-corrected chi connectivity index (χ2v) is 4.30. The Labute approximate surface area is 109 Å². The highest BCUT2D eigenvalue weighted by Crippen LogP contribution is 2.22. The molecule has 94 valence electrons. The Kier molecular flexibility index (Phi) is 3.77. The van der Waals surface area contributed by atoms with E-state index < -0.39 is 5.82 Å². The number of halogens is 2. The molecule has 0 atom stereocenters. The van der Waals surface area contributed by atoms with E-state index in [9.17, 15) is 9.18 Å². The molecule has 0 saturated heterocycles. The lowest BCUT2D eigenvalue weighted by molar-refractivity contribution is 0.103. The van der Waals surface area contributed by atoms with E-state index in [4.69, 9.17) is 11.6 Å². The number of ketones is 1. The van der Waals surface area contributed by atoms with Gasteiger partial charge in [-0.05, 0) is 18.6 Å². The summed E-state index contributed by atoms with van der Waals surface area (Å²) in [7, 11) is 0. The highest BCUT2D eigenvalue weighted by molar-refractivity contribution is 6.35. The lowest BCUT2D eigenvalue weighted by Gasteiger charge is -2.02. The SMILES string of the molecule is CCCn1cc(C(=O)c2cccc(F)c2Cl)cn1. The van der Waals surface area contributed by atoms with Gasteiger partial charge < -0.3 is 0 Å². The summed E-state index contributed by atoms with van der Waals surface area (Å²) in [4.78, 5) is 12.1. The lowest BCUT2D eigenvalue weighted by Crippen LogP contribution is -2.02. The number of carbonyl (C=O) groups is 1. The number of benzene rings is 1. The second-order valence-electron chi connectivity index (χ2n) is 3.92. The number of hydrogen-bond acceptors (Lipinski definition) is 2. The smallest absolute Gasteiger partial charge is 0.197 e. The molecule has 1 aromatic heterocycles. The molecule has 0 bridgehead atoms. The van der Waals surface area contributed by atoms with Crippen LogP contribution in [0, 0.1) is 5.82 Å². The van der Waals surface area contributed by atoms with Crippen molar-refractivity contribution in [2.45, 2.75) is 19.9 Å². The Balaban J connectivity index is 2.32. The normalized spacial score (nSPS) is 10.6. The Morgan fingerprint density at radius 3 is 3.00 bits per heavy atom. The van der Waals surface area contributed by atoms with E-state index in [1.54, 1.807) is 10.9 Å². The Bertz CT molecular complexity index is 580.